The Balaban J connectivity index is 2.00. The Kier molecular flexibility index (Phi) is 7.01. The summed E-state index contributed by atoms with van der Waals surface area (Å²) < 4.78 is 5.75. The zero-order valence-electron chi connectivity index (χ0n) is 14.3. The molecule has 0 heterocycles. The van der Waals surface area contributed by atoms with Gasteiger partial charge in [0.05, 0.1) is 17.7 Å². The fourth-order valence-corrected chi connectivity index (χ4v) is 2.39. The van der Waals surface area contributed by atoms with Crippen LogP contribution in [0.4, 0.5) is 5.69 Å². The first-order chi connectivity index (χ1) is 12.1. The van der Waals surface area contributed by atoms with E-state index < -0.39 is 5.97 Å². The van der Waals surface area contributed by atoms with E-state index in [4.69, 9.17) is 9.84 Å². The molecule has 2 rings (SSSR count). The third-order valence-electron chi connectivity index (χ3n) is 3.78. The van der Waals surface area contributed by atoms with Crippen LogP contribution in [0.15, 0.2) is 48.5 Å². The summed E-state index contributed by atoms with van der Waals surface area (Å²) in [6.07, 6.45) is 4.42. The Hall–Kier alpha value is -2.82. The molecule has 0 saturated heterocycles. The number of carboxylic acids is 1. The zero-order valence-corrected chi connectivity index (χ0v) is 14.3. The van der Waals surface area contributed by atoms with Crippen LogP contribution in [-0.4, -0.2) is 23.6 Å². The number of unbranched alkanes of at least 4 members (excludes halogenated alkanes) is 3. The molecule has 0 fully saturated rings. The second-order valence-electron chi connectivity index (χ2n) is 5.74. The molecule has 0 aliphatic rings. The van der Waals surface area contributed by atoms with Gasteiger partial charge in [0.15, 0.2) is 0 Å². The number of carbonyl (C=O) groups is 2. The van der Waals surface area contributed by atoms with E-state index >= 15 is 0 Å². The van der Waals surface area contributed by atoms with Crippen molar-refractivity contribution in [3.63, 3.8) is 0 Å². The minimum Gasteiger partial charge on any atom is -0.493 e. The van der Waals surface area contributed by atoms with Gasteiger partial charge in [-0.05, 0) is 42.8 Å². The lowest BCUT2D eigenvalue weighted by Crippen LogP contribution is -2.14. The molecule has 1 amide bonds. The average molecular weight is 341 g/mol. The smallest absolute Gasteiger partial charge is 0.335 e. The SMILES string of the molecule is CCCCCCOc1ccccc1C(=O)Nc1ccc(C(=O)O)cc1. The van der Waals surface area contributed by atoms with Crippen LogP contribution in [0.1, 0.15) is 53.3 Å². The minimum absolute atomic E-state index is 0.175. The number of nitrogens with one attached hydrogen (secondary N) is 1. The van der Waals surface area contributed by atoms with E-state index in [9.17, 15) is 9.59 Å². The highest BCUT2D eigenvalue weighted by Gasteiger charge is 2.12. The van der Waals surface area contributed by atoms with Gasteiger partial charge in [0, 0.05) is 5.69 Å². The monoisotopic (exact) mass is 341 g/mol. The highest BCUT2D eigenvalue weighted by atomic mass is 16.5. The summed E-state index contributed by atoms with van der Waals surface area (Å²) in [5, 5.41) is 11.7. The molecule has 0 spiro atoms. The van der Waals surface area contributed by atoms with Crippen LogP contribution in [0.3, 0.4) is 0 Å². The Morgan fingerprint density at radius 3 is 2.40 bits per heavy atom. The third kappa shape index (κ3) is 5.64. The van der Waals surface area contributed by atoms with Crippen molar-refractivity contribution in [1.82, 2.24) is 0 Å². The van der Waals surface area contributed by atoms with Gasteiger partial charge in [-0.1, -0.05) is 38.3 Å². The van der Waals surface area contributed by atoms with Crippen molar-refractivity contribution in [2.75, 3.05) is 11.9 Å². The zero-order chi connectivity index (χ0) is 18.1. The summed E-state index contributed by atoms with van der Waals surface area (Å²) in [6, 6.07) is 13.1. The lowest BCUT2D eigenvalue weighted by molar-refractivity contribution is 0.0696. The van der Waals surface area contributed by atoms with Crippen molar-refractivity contribution < 1.29 is 19.4 Å². The van der Waals surface area contributed by atoms with E-state index in [0.717, 1.165) is 12.8 Å². The summed E-state index contributed by atoms with van der Waals surface area (Å²) in [7, 11) is 0. The highest BCUT2D eigenvalue weighted by Crippen LogP contribution is 2.20. The Morgan fingerprint density at radius 2 is 1.72 bits per heavy atom. The summed E-state index contributed by atoms with van der Waals surface area (Å²) in [6.45, 7) is 2.74. The van der Waals surface area contributed by atoms with Gasteiger partial charge in [0.25, 0.3) is 5.91 Å². The van der Waals surface area contributed by atoms with Crippen LogP contribution in [0.2, 0.25) is 0 Å². The van der Waals surface area contributed by atoms with Crippen molar-refractivity contribution in [2.45, 2.75) is 32.6 Å². The normalized spacial score (nSPS) is 10.3. The summed E-state index contributed by atoms with van der Waals surface area (Å²) in [5.41, 5.74) is 1.17. The van der Waals surface area contributed by atoms with E-state index in [1.165, 1.54) is 25.0 Å². The van der Waals surface area contributed by atoms with E-state index in [-0.39, 0.29) is 11.5 Å². The molecule has 5 nitrogen and oxygen atoms in total. The van der Waals surface area contributed by atoms with Crippen LogP contribution in [0, 0.1) is 0 Å². The molecule has 0 bridgehead atoms. The molecule has 5 heteroatoms. The first-order valence-electron chi connectivity index (χ1n) is 8.48. The Morgan fingerprint density at radius 1 is 1.00 bits per heavy atom. The Bertz CT molecular complexity index is 710. The highest BCUT2D eigenvalue weighted by molar-refractivity contribution is 6.06. The standard InChI is InChI=1S/C20H23NO4/c1-2-3-4-7-14-25-18-9-6-5-8-17(18)19(22)21-16-12-10-15(11-13-16)20(23)24/h5-6,8-13H,2-4,7,14H2,1H3,(H,21,22)(H,23,24). The predicted molar refractivity (Wildman–Crippen MR) is 97.4 cm³/mol. The molecule has 0 atom stereocenters. The second kappa shape index (κ2) is 9.47. The largest absolute Gasteiger partial charge is 0.493 e. The minimum atomic E-state index is -1.00. The quantitative estimate of drug-likeness (QED) is 0.654. The molecule has 0 aliphatic heterocycles. The lowest BCUT2D eigenvalue weighted by atomic mass is 10.1. The van der Waals surface area contributed by atoms with E-state index in [2.05, 4.69) is 12.2 Å². The first-order valence-corrected chi connectivity index (χ1v) is 8.48. The lowest BCUT2D eigenvalue weighted by Gasteiger charge is -2.12. The van der Waals surface area contributed by atoms with Crippen molar-refractivity contribution >= 4 is 17.6 Å². The number of carboxylic acid groups (broad SMARTS) is 1. The molecule has 0 unspecified atom stereocenters. The van der Waals surface area contributed by atoms with Gasteiger partial charge in [-0.15, -0.1) is 0 Å². The fourth-order valence-electron chi connectivity index (χ4n) is 2.39. The maximum Gasteiger partial charge on any atom is 0.335 e. The van der Waals surface area contributed by atoms with Gasteiger partial charge in [-0.3, -0.25) is 4.79 Å². The molecule has 0 saturated carbocycles. The first kappa shape index (κ1) is 18.5. The van der Waals surface area contributed by atoms with Crippen LogP contribution >= 0.6 is 0 Å². The number of ether oxygens (including phenoxy) is 1. The number of benzene rings is 2. The van der Waals surface area contributed by atoms with Gasteiger partial charge < -0.3 is 15.2 Å². The number of rotatable bonds is 9. The number of anilines is 1. The topological polar surface area (TPSA) is 75.6 Å². The molecule has 0 aliphatic carbocycles. The van der Waals surface area contributed by atoms with E-state index in [1.807, 2.05) is 6.07 Å². The van der Waals surface area contributed by atoms with Crippen LogP contribution in [0.25, 0.3) is 0 Å². The maximum absolute atomic E-state index is 12.5. The third-order valence-corrected chi connectivity index (χ3v) is 3.78. The second-order valence-corrected chi connectivity index (χ2v) is 5.74. The van der Waals surface area contributed by atoms with E-state index in [0.29, 0.717) is 23.6 Å². The molecule has 2 aromatic carbocycles. The summed E-state index contributed by atoms with van der Waals surface area (Å²) in [5.74, 6) is -0.731. The van der Waals surface area contributed by atoms with Gasteiger partial charge in [-0.25, -0.2) is 4.79 Å². The number of aromatic carboxylic acids is 1. The van der Waals surface area contributed by atoms with Crippen LogP contribution in [0.5, 0.6) is 5.75 Å². The summed E-state index contributed by atoms with van der Waals surface area (Å²) in [4.78, 5) is 23.3. The molecule has 25 heavy (non-hydrogen) atoms. The fraction of sp³-hybridized carbons (Fsp3) is 0.300. The number of para-hydroxylation sites is 1. The van der Waals surface area contributed by atoms with Crippen molar-refractivity contribution in [3.8, 4) is 5.75 Å². The molecule has 132 valence electrons. The molecule has 2 aromatic rings. The molecule has 0 radical (unpaired) electrons. The maximum atomic E-state index is 12.5. The molecule has 2 N–H and O–H groups in total. The number of amides is 1. The van der Waals surface area contributed by atoms with Crippen molar-refractivity contribution in [2.24, 2.45) is 0 Å². The number of hydrogen-bond donors (Lipinski definition) is 2. The van der Waals surface area contributed by atoms with Crippen LogP contribution < -0.4 is 10.1 Å². The number of carbonyl (C=O) groups excluding carboxylic acids is 1. The van der Waals surface area contributed by atoms with Gasteiger partial charge in [-0.2, -0.15) is 0 Å². The van der Waals surface area contributed by atoms with Gasteiger partial charge in [0.1, 0.15) is 5.75 Å². The molecule has 0 aromatic heterocycles. The van der Waals surface area contributed by atoms with Crippen molar-refractivity contribution in [3.05, 3.63) is 59.7 Å². The Labute approximate surface area is 147 Å². The average Bonchev–Trinajstić information content (AvgIpc) is 2.62. The molecular formula is C20H23NO4. The predicted octanol–water partition coefficient (Wildman–Crippen LogP) is 4.60. The van der Waals surface area contributed by atoms with Crippen molar-refractivity contribution in [1.29, 1.82) is 0 Å². The molecular weight excluding hydrogens is 318 g/mol. The summed E-state index contributed by atoms with van der Waals surface area (Å²) >= 11 is 0. The van der Waals surface area contributed by atoms with Gasteiger partial charge in [0.2, 0.25) is 0 Å². The van der Waals surface area contributed by atoms with E-state index in [1.54, 1.807) is 30.3 Å². The number of hydrogen-bond acceptors (Lipinski definition) is 3. The van der Waals surface area contributed by atoms with Crippen LogP contribution in [-0.2, 0) is 0 Å². The van der Waals surface area contributed by atoms with Gasteiger partial charge >= 0.3 is 5.97 Å².